The summed E-state index contributed by atoms with van der Waals surface area (Å²) < 4.78 is 0. The normalized spacial score (nSPS) is 10.4. The summed E-state index contributed by atoms with van der Waals surface area (Å²) in [6, 6.07) is 1.98. The second kappa shape index (κ2) is 5.12. The van der Waals surface area contributed by atoms with Gasteiger partial charge in [-0.1, -0.05) is 0 Å². The van der Waals surface area contributed by atoms with Crippen LogP contribution in [0.25, 0.3) is 11.3 Å². The quantitative estimate of drug-likeness (QED) is 0.899. The van der Waals surface area contributed by atoms with Gasteiger partial charge in [0, 0.05) is 24.5 Å². The van der Waals surface area contributed by atoms with Gasteiger partial charge in [-0.15, -0.1) is 10.2 Å². The third-order valence-corrected chi connectivity index (χ3v) is 3.14. The van der Waals surface area contributed by atoms with E-state index in [1.54, 1.807) is 6.20 Å². The number of nitrogens with zero attached hydrogens (tertiary/aromatic N) is 3. The van der Waals surface area contributed by atoms with Crippen molar-refractivity contribution >= 4 is 5.82 Å². The molecular weight excluding hydrogens is 224 g/mol. The van der Waals surface area contributed by atoms with Crippen molar-refractivity contribution in [2.24, 2.45) is 0 Å². The van der Waals surface area contributed by atoms with Gasteiger partial charge in [-0.3, -0.25) is 4.98 Å². The van der Waals surface area contributed by atoms with Crippen molar-refractivity contribution in [2.75, 3.05) is 11.9 Å². The molecule has 0 saturated heterocycles. The largest absolute Gasteiger partial charge is 0.369 e. The minimum Gasteiger partial charge on any atom is -0.369 e. The summed E-state index contributed by atoms with van der Waals surface area (Å²) in [7, 11) is 0. The maximum atomic E-state index is 4.35. The third-order valence-electron chi connectivity index (χ3n) is 3.14. The lowest BCUT2D eigenvalue weighted by molar-refractivity contribution is 0.984. The fraction of sp³-hybridized carbons (Fsp3) is 0.357. The molecule has 0 amide bonds. The molecule has 1 N–H and O–H groups in total. The molecule has 2 aromatic heterocycles. The van der Waals surface area contributed by atoms with E-state index in [2.05, 4.69) is 41.3 Å². The molecule has 2 heterocycles. The van der Waals surface area contributed by atoms with E-state index in [-0.39, 0.29) is 0 Å². The Bertz CT molecular complexity index is 564. The van der Waals surface area contributed by atoms with Gasteiger partial charge in [0.2, 0.25) is 0 Å². The fourth-order valence-corrected chi connectivity index (χ4v) is 1.94. The summed E-state index contributed by atoms with van der Waals surface area (Å²) in [5.74, 6) is 0.866. The molecule has 0 aliphatic rings. The second-order valence-electron chi connectivity index (χ2n) is 4.37. The molecule has 0 atom stereocenters. The highest BCUT2D eigenvalue weighted by molar-refractivity contribution is 5.68. The average molecular weight is 242 g/mol. The fourth-order valence-electron chi connectivity index (χ4n) is 1.94. The van der Waals surface area contributed by atoms with Crippen LogP contribution in [0.1, 0.15) is 23.6 Å². The Balaban J connectivity index is 2.54. The van der Waals surface area contributed by atoms with Crippen LogP contribution in [0.3, 0.4) is 0 Å². The smallest absolute Gasteiger partial charge is 0.151 e. The van der Waals surface area contributed by atoms with E-state index >= 15 is 0 Å². The van der Waals surface area contributed by atoms with Gasteiger partial charge in [0.05, 0.1) is 5.69 Å². The molecule has 0 radical (unpaired) electrons. The first-order valence-electron chi connectivity index (χ1n) is 6.13. The van der Waals surface area contributed by atoms with Crippen LogP contribution in [-0.2, 0) is 0 Å². The van der Waals surface area contributed by atoms with Crippen LogP contribution in [0, 0.1) is 20.8 Å². The number of nitrogens with one attached hydrogen (secondary N) is 1. The van der Waals surface area contributed by atoms with E-state index in [0.717, 1.165) is 40.3 Å². The van der Waals surface area contributed by atoms with E-state index < -0.39 is 0 Å². The molecule has 0 aliphatic carbocycles. The Labute approximate surface area is 107 Å². The molecule has 0 spiro atoms. The monoisotopic (exact) mass is 242 g/mol. The molecule has 4 nitrogen and oxygen atoms in total. The molecule has 0 aromatic carbocycles. The van der Waals surface area contributed by atoms with Crippen LogP contribution in [-0.4, -0.2) is 21.7 Å². The molecule has 2 aromatic rings. The van der Waals surface area contributed by atoms with E-state index in [4.69, 9.17) is 0 Å². The molecule has 2 rings (SSSR count). The zero-order valence-electron chi connectivity index (χ0n) is 11.3. The highest BCUT2D eigenvalue weighted by Crippen LogP contribution is 2.27. The van der Waals surface area contributed by atoms with E-state index in [1.165, 1.54) is 0 Å². The molecule has 0 saturated carbocycles. The van der Waals surface area contributed by atoms with Crippen molar-refractivity contribution in [3.63, 3.8) is 0 Å². The minimum atomic E-state index is 0.850. The average Bonchev–Trinajstić information content (AvgIpc) is 2.37. The molecule has 0 bridgehead atoms. The van der Waals surface area contributed by atoms with Crippen molar-refractivity contribution in [2.45, 2.75) is 27.7 Å². The lowest BCUT2D eigenvalue weighted by Crippen LogP contribution is -2.06. The van der Waals surface area contributed by atoms with E-state index in [1.807, 2.05) is 19.2 Å². The Hall–Kier alpha value is -1.97. The number of hydrogen-bond acceptors (Lipinski definition) is 4. The topological polar surface area (TPSA) is 50.7 Å². The standard InChI is InChI=1S/C14H18N4/c1-5-16-14-11(4)10(3)13(17-18-14)12-6-7-15-8-9(12)2/h6-8H,5H2,1-4H3,(H,16,18). The van der Waals surface area contributed by atoms with Crippen LogP contribution in [0.5, 0.6) is 0 Å². The van der Waals surface area contributed by atoms with Crippen molar-refractivity contribution in [3.8, 4) is 11.3 Å². The Kier molecular flexibility index (Phi) is 3.55. The molecular formula is C14H18N4. The van der Waals surface area contributed by atoms with Crippen LogP contribution in [0.2, 0.25) is 0 Å². The maximum Gasteiger partial charge on any atom is 0.151 e. The van der Waals surface area contributed by atoms with Crippen molar-refractivity contribution in [1.29, 1.82) is 0 Å². The van der Waals surface area contributed by atoms with Crippen molar-refractivity contribution in [1.82, 2.24) is 15.2 Å². The molecule has 0 unspecified atom stereocenters. The van der Waals surface area contributed by atoms with Gasteiger partial charge >= 0.3 is 0 Å². The number of pyridine rings is 1. The summed E-state index contributed by atoms with van der Waals surface area (Å²) in [5, 5.41) is 11.8. The first-order chi connectivity index (χ1) is 8.65. The number of rotatable bonds is 3. The highest BCUT2D eigenvalue weighted by Gasteiger charge is 2.12. The molecule has 4 heteroatoms. The van der Waals surface area contributed by atoms with Gasteiger partial charge in [0.25, 0.3) is 0 Å². The summed E-state index contributed by atoms with van der Waals surface area (Å²) in [4.78, 5) is 4.11. The minimum absolute atomic E-state index is 0.850. The lowest BCUT2D eigenvalue weighted by atomic mass is 10.0. The van der Waals surface area contributed by atoms with Crippen molar-refractivity contribution < 1.29 is 0 Å². The zero-order valence-corrected chi connectivity index (χ0v) is 11.3. The lowest BCUT2D eigenvalue weighted by Gasteiger charge is -2.12. The van der Waals surface area contributed by atoms with Crippen LogP contribution in [0.15, 0.2) is 18.5 Å². The van der Waals surface area contributed by atoms with Crippen LogP contribution < -0.4 is 5.32 Å². The van der Waals surface area contributed by atoms with Gasteiger partial charge in [0.15, 0.2) is 5.82 Å². The van der Waals surface area contributed by atoms with E-state index in [0.29, 0.717) is 0 Å². The summed E-state index contributed by atoms with van der Waals surface area (Å²) in [5.41, 5.74) is 5.47. The second-order valence-corrected chi connectivity index (χ2v) is 4.37. The highest BCUT2D eigenvalue weighted by atomic mass is 15.2. The summed E-state index contributed by atoms with van der Waals surface area (Å²) >= 11 is 0. The van der Waals surface area contributed by atoms with Gasteiger partial charge in [-0.25, -0.2) is 0 Å². The van der Waals surface area contributed by atoms with Gasteiger partial charge in [-0.2, -0.15) is 0 Å². The third kappa shape index (κ3) is 2.18. The number of aryl methyl sites for hydroxylation is 1. The predicted molar refractivity (Wildman–Crippen MR) is 73.6 cm³/mol. The van der Waals surface area contributed by atoms with Crippen LogP contribution >= 0.6 is 0 Å². The van der Waals surface area contributed by atoms with Crippen molar-refractivity contribution in [3.05, 3.63) is 35.2 Å². The zero-order chi connectivity index (χ0) is 13.1. The summed E-state index contributed by atoms with van der Waals surface area (Å²) in [6.45, 7) is 9.10. The van der Waals surface area contributed by atoms with Crippen LogP contribution in [0.4, 0.5) is 5.82 Å². The first kappa shape index (κ1) is 12.5. The van der Waals surface area contributed by atoms with Gasteiger partial charge < -0.3 is 5.32 Å². The molecule has 0 aliphatic heterocycles. The van der Waals surface area contributed by atoms with Gasteiger partial charge in [0.1, 0.15) is 0 Å². The van der Waals surface area contributed by atoms with E-state index in [9.17, 15) is 0 Å². The maximum absolute atomic E-state index is 4.35. The first-order valence-corrected chi connectivity index (χ1v) is 6.13. The summed E-state index contributed by atoms with van der Waals surface area (Å²) in [6.07, 6.45) is 3.64. The predicted octanol–water partition coefficient (Wildman–Crippen LogP) is 2.90. The Morgan fingerprint density at radius 1 is 1.11 bits per heavy atom. The Morgan fingerprint density at radius 3 is 2.56 bits per heavy atom. The molecule has 0 fully saturated rings. The number of aromatic nitrogens is 3. The van der Waals surface area contributed by atoms with Gasteiger partial charge in [-0.05, 0) is 50.5 Å². The molecule has 94 valence electrons. The molecule has 18 heavy (non-hydrogen) atoms. The number of anilines is 1. The Morgan fingerprint density at radius 2 is 1.89 bits per heavy atom. The SMILES string of the molecule is CCNc1nnc(-c2ccncc2C)c(C)c1C. The number of hydrogen-bond donors (Lipinski definition) is 1.